The highest BCUT2D eigenvalue weighted by Crippen LogP contribution is 2.19. The molecule has 0 aliphatic carbocycles. The standard InChI is InChI=1S/C13H26N2O3/c1-11(8-12-9-18-7-4-14-12)15-10-13(16)2-5-17-6-3-13/h11-12,14-16H,2-10H2,1H3. The molecule has 2 saturated heterocycles. The smallest absolute Gasteiger partial charge is 0.0815 e. The van der Waals surface area contributed by atoms with E-state index < -0.39 is 5.60 Å². The van der Waals surface area contributed by atoms with Crippen molar-refractivity contribution in [1.29, 1.82) is 0 Å². The van der Waals surface area contributed by atoms with Gasteiger partial charge < -0.3 is 25.2 Å². The summed E-state index contributed by atoms with van der Waals surface area (Å²) in [7, 11) is 0. The van der Waals surface area contributed by atoms with E-state index in [0.717, 1.165) is 39.0 Å². The highest BCUT2D eigenvalue weighted by Gasteiger charge is 2.30. The van der Waals surface area contributed by atoms with E-state index in [-0.39, 0.29) is 0 Å². The maximum atomic E-state index is 10.3. The maximum Gasteiger partial charge on any atom is 0.0815 e. The maximum absolute atomic E-state index is 10.3. The summed E-state index contributed by atoms with van der Waals surface area (Å²) in [4.78, 5) is 0. The van der Waals surface area contributed by atoms with Crippen LogP contribution in [-0.2, 0) is 9.47 Å². The fourth-order valence-electron chi connectivity index (χ4n) is 2.57. The van der Waals surface area contributed by atoms with Crippen LogP contribution in [0.15, 0.2) is 0 Å². The van der Waals surface area contributed by atoms with Crippen LogP contribution >= 0.6 is 0 Å². The first-order valence-electron chi connectivity index (χ1n) is 7.03. The second-order valence-corrected chi connectivity index (χ2v) is 5.58. The summed E-state index contributed by atoms with van der Waals surface area (Å²) in [6.07, 6.45) is 2.50. The van der Waals surface area contributed by atoms with Crippen molar-refractivity contribution in [3.63, 3.8) is 0 Å². The van der Waals surface area contributed by atoms with Crippen molar-refractivity contribution >= 4 is 0 Å². The Bertz CT molecular complexity index is 238. The topological polar surface area (TPSA) is 62.8 Å². The molecule has 2 rings (SSSR count). The van der Waals surface area contributed by atoms with Crippen LogP contribution < -0.4 is 10.6 Å². The zero-order valence-corrected chi connectivity index (χ0v) is 11.3. The Kier molecular flexibility index (Phi) is 5.38. The second kappa shape index (κ2) is 6.82. The minimum Gasteiger partial charge on any atom is -0.388 e. The zero-order valence-electron chi connectivity index (χ0n) is 11.3. The van der Waals surface area contributed by atoms with Gasteiger partial charge in [-0.05, 0) is 13.3 Å². The number of rotatable bonds is 5. The summed E-state index contributed by atoms with van der Waals surface area (Å²) in [6, 6.07) is 0.821. The molecule has 5 nitrogen and oxygen atoms in total. The van der Waals surface area contributed by atoms with Crippen LogP contribution in [0.5, 0.6) is 0 Å². The lowest BCUT2D eigenvalue weighted by molar-refractivity contribution is -0.0629. The van der Waals surface area contributed by atoms with E-state index in [1.54, 1.807) is 0 Å². The third-order valence-corrected chi connectivity index (χ3v) is 3.84. The minimum atomic E-state index is -0.580. The molecule has 3 N–H and O–H groups in total. The molecular weight excluding hydrogens is 232 g/mol. The van der Waals surface area contributed by atoms with Gasteiger partial charge in [-0.2, -0.15) is 0 Å². The summed E-state index contributed by atoms with van der Waals surface area (Å²) in [5.41, 5.74) is -0.580. The predicted molar refractivity (Wildman–Crippen MR) is 69.7 cm³/mol. The molecule has 0 saturated carbocycles. The van der Waals surface area contributed by atoms with Gasteiger partial charge in [0.25, 0.3) is 0 Å². The molecule has 0 spiro atoms. The van der Waals surface area contributed by atoms with Crippen molar-refractivity contribution in [1.82, 2.24) is 10.6 Å². The average molecular weight is 258 g/mol. The number of hydrogen-bond acceptors (Lipinski definition) is 5. The fourth-order valence-corrected chi connectivity index (χ4v) is 2.57. The van der Waals surface area contributed by atoms with Crippen molar-refractivity contribution in [2.24, 2.45) is 0 Å². The van der Waals surface area contributed by atoms with Crippen LogP contribution in [0.3, 0.4) is 0 Å². The molecule has 2 fully saturated rings. The third kappa shape index (κ3) is 4.48. The van der Waals surface area contributed by atoms with Gasteiger partial charge in [-0.25, -0.2) is 0 Å². The quantitative estimate of drug-likeness (QED) is 0.642. The van der Waals surface area contributed by atoms with Gasteiger partial charge in [0.1, 0.15) is 0 Å². The Morgan fingerprint density at radius 1 is 1.33 bits per heavy atom. The van der Waals surface area contributed by atoms with Crippen LogP contribution in [0.25, 0.3) is 0 Å². The summed E-state index contributed by atoms with van der Waals surface area (Å²) in [5.74, 6) is 0. The molecule has 2 aliphatic heterocycles. The lowest BCUT2D eigenvalue weighted by atomic mass is 9.94. The molecule has 2 unspecified atom stereocenters. The minimum absolute atomic E-state index is 0.385. The molecular formula is C13H26N2O3. The first-order chi connectivity index (χ1) is 8.68. The van der Waals surface area contributed by atoms with Crippen molar-refractivity contribution in [3.8, 4) is 0 Å². The van der Waals surface area contributed by atoms with Crippen LogP contribution in [0, 0.1) is 0 Å². The molecule has 18 heavy (non-hydrogen) atoms. The molecule has 5 heteroatoms. The SMILES string of the molecule is CC(CC1COCCN1)NCC1(O)CCOCC1. The van der Waals surface area contributed by atoms with Crippen molar-refractivity contribution in [2.45, 2.75) is 43.9 Å². The predicted octanol–water partition coefficient (Wildman–Crippen LogP) is -0.115. The largest absolute Gasteiger partial charge is 0.388 e. The molecule has 2 heterocycles. The van der Waals surface area contributed by atoms with Crippen molar-refractivity contribution < 1.29 is 14.6 Å². The lowest BCUT2D eigenvalue weighted by Gasteiger charge is -2.34. The Labute approximate surface area is 109 Å². The normalized spacial score (nSPS) is 30.0. The summed E-state index contributed by atoms with van der Waals surface area (Å²) >= 11 is 0. The number of nitrogens with one attached hydrogen (secondary N) is 2. The monoisotopic (exact) mass is 258 g/mol. The van der Waals surface area contributed by atoms with Gasteiger partial charge in [0, 0.05) is 51.2 Å². The molecule has 0 amide bonds. The van der Waals surface area contributed by atoms with Crippen LogP contribution in [0.1, 0.15) is 26.2 Å². The number of aliphatic hydroxyl groups is 1. The second-order valence-electron chi connectivity index (χ2n) is 5.58. The van der Waals surface area contributed by atoms with Gasteiger partial charge >= 0.3 is 0 Å². The molecule has 0 aromatic heterocycles. The zero-order chi connectivity index (χ0) is 12.8. The van der Waals surface area contributed by atoms with Gasteiger partial charge in [0.2, 0.25) is 0 Å². The molecule has 2 aliphatic rings. The van der Waals surface area contributed by atoms with Gasteiger partial charge in [0.15, 0.2) is 0 Å². The first-order valence-corrected chi connectivity index (χ1v) is 7.03. The fraction of sp³-hybridized carbons (Fsp3) is 1.00. The number of morpholine rings is 1. The van der Waals surface area contributed by atoms with E-state index in [9.17, 15) is 5.11 Å². The van der Waals surface area contributed by atoms with E-state index in [0.29, 0.717) is 31.8 Å². The van der Waals surface area contributed by atoms with Crippen LogP contribution in [0.4, 0.5) is 0 Å². The van der Waals surface area contributed by atoms with Crippen LogP contribution in [-0.4, -0.2) is 62.3 Å². The van der Waals surface area contributed by atoms with E-state index >= 15 is 0 Å². The highest BCUT2D eigenvalue weighted by molar-refractivity contribution is 4.85. The molecule has 106 valence electrons. The molecule has 0 radical (unpaired) electrons. The number of ether oxygens (including phenoxy) is 2. The molecule has 0 bridgehead atoms. The van der Waals surface area contributed by atoms with Crippen LogP contribution in [0.2, 0.25) is 0 Å². The van der Waals surface area contributed by atoms with Gasteiger partial charge in [0.05, 0.1) is 18.8 Å². The number of hydrogen-bond donors (Lipinski definition) is 3. The van der Waals surface area contributed by atoms with Gasteiger partial charge in [-0.15, -0.1) is 0 Å². The van der Waals surface area contributed by atoms with E-state index in [1.807, 2.05) is 0 Å². The molecule has 0 aromatic rings. The van der Waals surface area contributed by atoms with E-state index in [1.165, 1.54) is 0 Å². The Morgan fingerprint density at radius 2 is 2.11 bits per heavy atom. The summed E-state index contributed by atoms with van der Waals surface area (Å²) < 4.78 is 10.7. The third-order valence-electron chi connectivity index (χ3n) is 3.84. The Morgan fingerprint density at radius 3 is 2.78 bits per heavy atom. The van der Waals surface area contributed by atoms with Gasteiger partial charge in [-0.3, -0.25) is 0 Å². The Balaban J connectivity index is 1.65. The average Bonchev–Trinajstić information content (AvgIpc) is 2.39. The van der Waals surface area contributed by atoms with E-state index in [2.05, 4.69) is 17.6 Å². The molecule has 2 atom stereocenters. The van der Waals surface area contributed by atoms with Gasteiger partial charge in [-0.1, -0.05) is 0 Å². The molecule has 0 aromatic carbocycles. The van der Waals surface area contributed by atoms with Crippen molar-refractivity contribution in [2.75, 3.05) is 39.5 Å². The Hall–Kier alpha value is -0.200. The highest BCUT2D eigenvalue weighted by atomic mass is 16.5. The lowest BCUT2D eigenvalue weighted by Crippen LogP contribution is -2.50. The van der Waals surface area contributed by atoms with Crippen molar-refractivity contribution in [3.05, 3.63) is 0 Å². The van der Waals surface area contributed by atoms with E-state index in [4.69, 9.17) is 9.47 Å². The summed E-state index contributed by atoms with van der Waals surface area (Å²) in [6.45, 7) is 6.72. The summed E-state index contributed by atoms with van der Waals surface area (Å²) in [5, 5.41) is 17.2. The first kappa shape index (κ1) is 14.2.